The van der Waals surface area contributed by atoms with Gasteiger partial charge < -0.3 is 13.9 Å². The van der Waals surface area contributed by atoms with Crippen LogP contribution in [-0.4, -0.2) is 14.1 Å². The number of hydrogen-bond acceptors (Lipinski definition) is 3. The molecule has 2 heterocycles. The summed E-state index contributed by atoms with van der Waals surface area (Å²) in [6.45, 7) is 1.74. The second-order valence-electron chi connectivity index (χ2n) is 6.15. The Kier molecular flexibility index (Phi) is 4.20. The summed E-state index contributed by atoms with van der Waals surface area (Å²) in [5.41, 5.74) is 1.52. The van der Waals surface area contributed by atoms with Crippen LogP contribution in [0.5, 0.6) is 11.5 Å². The first kappa shape index (κ1) is 17.3. The molecule has 136 valence electrons. The molecular weight excluding hydrogens is 369 g/mol. The van der Waals surface area contributed by atoms with Crippen LogP contribution in [0.4, 0.5) is 4.39 Å². The van der Waals surface area contributed by atoms with E-state index in [1.165, 1.54) is 17.0 Å². The van der Waals surface area contributed by atoms with Gasteiger partial charge in [-0.1, -0.05) is 11.6 Å². The van der Waals surface area contributed by atoms with Gasteiger partial charge in [-0.15, -0.1) is 0 Å². The molecule has 0 aliphatic rings. The van der Waals surface area contributed by atoms with E-state index in [4.69, 9.17) is 16.3 Å². The van der Waals surface area contributed by atoms with Gasteiger partial charge >= 0.3 is 0 Å². The zero-order valence-corrected chi connectivity index (χ0v) is 15.4. The molecule has 0 bridgehead atoms. The van der Waals surface area contributed by atoms with Crippen molar-refractivity contribution in [3.8, 4) is 17.2 Å². The minimum absolute atomic E-state index is 0.0916. The van der Waals surface area contributed by atoms with Gasteiger partial charge in [0.2, 0.25) is 0 Å². The molecule has 0 aliphatic carbocycles. The Labute approximate surface area is 159 Å². The molecule has 0 saturated heterocycles. The molecule has 2 aromatic carbocycles. The summed E-state index contributed by atoms with van der Waals surface area (Å²) < 4.78 is 23.4. The quantitative estimate of drug-likeness (QED) is 0.518. The Bertz CT molecular complexity index is 1220. The highest BCUT2D eigenvalue weighted by molar-refractivity contribution is 6.34. The molecule has 0 aliphatic heterocycles. The summed E-state index contributed by atoms with van der Waals surface area (Å²) in [5, 5.41) is 0.570. The normalized spacial score (nSPS) is 11.1. The molecule has 5 nitrogen and oxygen atoms in total. The van der Waals surface area contributed by atoms with Crippen molar-refractivity contribution in [1.29, 1.82) is 0 Å². The van der Waals surface area contributed by atoms with Gasteiger partial charge in [0, 0.05) is 25.0 Å². The van der Waals surface area contributed by atoms with E-state index in [9.17, 15) is 9.18 Å². The standard InChI is InChI=1S/C20H15ClFN3O2/c1-12-16(8-6-14-17(12)20(26)24(2)11-23-14)27-19-13(22)5-7-15(18(19)21)25-9-3-4-10-25/h3-11H,1-2H3. The number of aryl methyl sites for hydroxylation is 2. The van der Waals surface area contributed by atoms with Gasteiger partial charge in [0.05, 0.1) is 22.9 Å². The average Bonchev–Trinajstić information content (AvgIpc) is 3.17. The zero-order chi connectivity index (χ0) is 19.1. The lowest BCUT2D eigenvalue weighted by molar-refractivity contribution is 0.440. The van der Waals surface area contributed by atoms with E-state index in [0.29, 0.717) is 27.9 Å². The lowest BCUT2D eigenvalue weighted by Crippen LogP contribution is -2.18. The predicted molar refractivity (Wildman–Crippen MR) is 103 cm³/mol. The molecule has 7 heteroatoms. The van der Waals surface area contributed by atoms with Crippen molar-refractivity contribution in [3.05, 3.63) is 81.9 Å². The number of nitrogens with zero attached hydrogens (tertiary/aromatic N) is 3. The predicted octanol–water partition coefficient (Wildman–Crippen LogP) is 4.62. The van der Waals surface area contributed by atoms with Gasteiger partial charge in [0.25, 0.3) is 5.56 Å². The number of hydrogen-bond donors (Lipinski definition) is 0. The molecule has 0 unspecified atom stereocenters. The molecule has 27 heavy (non-hydrogen) atoms. The minimum atomic E-state index is -0.588. The van der Waals surface area contributed by atoms with Crippen LogP contribution in [-0.2, 0) is 7.05 Å². The highest BCUT2D eigenvalue weighted by Crippen LogP contribution is 2.38. The lowest BCUT2D eigenvalue weighted by Gasteiger charge is -2.15. The van der Waals surface area contributed by atoms with E-state index < -0.39 is 5.82 Å². The molecule has 4 rings (SSSR count). The largest absolute Gasteiger partial charge is 0.452 e. The average molecular weight is 384 g/mol. The highest BCUT2D eigenvalue weighted by atomic mass is 35.5. The van der Waals surface area contributed by atoms with E-state index in [0.717, 1.165) is 0 Å². The van der Waals surface area contributed by atoms with Crippen LogP contribution in [0.15, 0.2) is 59.9 Å². The number of aromatic nitrogens is 3. The summed E-state index contributed by atoms with van der Waals surface area (Å²) in [6, 6.07) is 9.89. The smallest absolute Gasteiger partial charge is 0.261 e. The van der Waals surface area contributed by atoms with Gasteiger partial charge in [0.15, 0.2) is 11.6 Å². The first-order chi connectivity index (χ1) is 13.0. The van der Waals surface area contributed by atoms with Crippen LogP contribution >= 0.6 is 11.6 Å². The molecule has 0 amide bonds. The monoisotopic (exact) mass is 383 g/mol. The minimum Gasteiger partial charge on any atom is -0.452 e. The summed E-state index contributed by atoms with van der Waals surface area (Å²) in [7, 11) is 1.62. The third-order valence-electron chi connectivity index (χ3n) is 4.42. The highest BCUT2D eigenvalue weighted by Gasteiger charge is 2.18. The SMILES string of the molecule is Cc1c(Oc2c(F)ccc(-n3cccc3)c2Cl)ccc2ncn(C)c(=O)c12. The summed E-state index contributed by atoms with van der Waals surface area (Å²) in [5.74, 6) is -0.335. The Morgan fingerprint density at radius 1 is 1.15 bits per heavy atom. The summed E-state index contributed by atoms with van der Waals surface area (Å²) >= 11 is 6.42. The molecule has 0 saturated carbocycles. The third kappa shape index (κ3) is 2.88. The van der Waals surface area contributed by atoms with Crippen molar-refractivity contribution in [2.24, 2.45) is 7.05 Å². The second kappa shape index (κ2) is 6.55. The van der Waals surface area contributed by atoms with E-state index in [1.54, 1.807) is 49.1 Å². The number of fused-ring (bicyclic) bond motifs is 1. The number of ether oxygens (including phenoxy) is 1. The maximum Gasteiger partial charge on any atom is 0.261 e. The Morgan fingerprint density at radius 3 is 2.63 bits per heavy atom. The van der Waals surface area contributed by atoms with Crippen LogP contribution in [0.1, 0.15) is 5.56 Å². The van der Waals surface area contributed by atoms with Gasteiger partial charge in [-0.25, -0.2) is 9.37 Å². The van der Waals surface area contributed by atoms with Crippen molar-refractivity contribution >= 4 is 22.5 Å². The Hall–Kier alpha value is -3.12. The van der Waals surface area contributed by atoms with Gasteiger partial charge in [-0.3, -0.25) is 4.79 Å². The first-order valence-corrected chi connectivity index (χ1v) is 8.59. The maximum absolute atomic E-state index is 14.4. The van der Waals surface area contributed by atoms with Crippen molar-refractivity contribution in [2.75, 3.05) is 0 Å². The van der Waals surface area contributed by atoms with Crippen LogP contribution in [0, 0.1) is 12.7 Å². The van der Waals surface area contributed by atoms with E-state index in [1.807, 2.05) is 12.1 Å². The lowest BCUT2D eigenvalue weighted by atomic mass is 10.1. The van der Waals surface area contributed by atoms with E-state index >= 15 is 0 Å². The van der Waals surface area contributed by atoms with Gasteiger partial charge in [-0.2, -0.15) is 0 Å². The van der Waals surface area contributed by atoms with E-state index in [2.05, 4.69) is 4.98 Å². The van der Waals surface area contributed by atoms with Gasteiger partial charge in [-0.05, 0) is 43.3 Å². The molecule has 2 aromatic heterocycles. The fourth-order valence-corrected chi connectivity index (χ4v) is 3.25. The third-order valence-corrected chi connectivity index (χ3v) is 4.79. The molecule has 0 atom stereocenters. The molecule has 0 radical (unpaired) electrons. The molecular formula is C20H15ClFN3O2. The zero-order valence-electron chi connectivity index (χ0n) is 14.6. The number of halogens is 2. The second-order valence-corrected chi connectivity index (χ2v) is 6.52. The van der Waals surface area contributed by atoms with Crippen LogP contribution < -0.4 is 10.3 Å². The van der Waals surface area contributed by atoms with Crippen LogP contribution in [0.25, 0.3) is 16.6 Å². The first-order valence-electron chi connectivity index (χ1n) is 8.21. The Morgan fingerprint density at radius 2 is 1.89 bits per heavy atom. The van der Waals surface area contributed by atoms with Crippen LogP contribution in [0.2, 0.25) is 5.02 Å². The topological polar surface area (TPSA) is 49.0 Å². The summed E-state index contributed by atoms with van der Waals surface area (Å²) in [6.07, 6.45) is 5.07. The number of benzene rings is 2. The summed E-state index contributed by atoms with van der Waals surface area (Å²) in [4.78, 5) is 16.7. The van der Waals surface area contributed by atoms with Crippen molar-refractivity contribution < 1.29 is 9.13 Å². The Balaban J connectivity index is 1.86. The van der Waals surface area contributed by atoms with E-state index in [-0.39, 0.29) is 16.3 Å². The van der Waals surface area contributed by atoms with Gasteiger partial charge in [0.1, 0.15) is 10.8 Å². The molecule has 4 aromatic rings. The fourth-order valence-electron chi connectivity index (χ4n) is 2.96. The fraction of sp³-hybridized carbons (Fsp3) is 0.100. The van der Waals surface area contributed by atoms with Crippen LogP contribution in [0.3, 0.4) is 0 Å². The van der Waals surface area contributed by atoms with Crippen molar-refractivity contribution in [1.82, 2.24) is 14.1 Å². The van der Waals surface area contributed by atoms with Crippen molar-refractivity contribution in [3.63, 3.8) is 0 Å². The maximum atomic E-state index is 14.4. The van der Waals surface area contributed by atoms with Crippen molar-refractivity contribution in [2.45, 2.75) is 6.92 Å². The number of rotatable bonds is 3. The molecule has 0 N–H and O–H groups in total. The molecule has 0 fully saturated rings. The molecule has 0 spiro atoms.